The summed E-state index contributed by atoms with van der Waals surface area (Å²) in [4.78, 5) is 23.0. The fourth-order valence-corrected chi connectivity index (χ4v) is 2.87. The molecule has 0 unspecified atom stereocenters. The van der Waals surface area contributed by atoms with Gasteiger partial charge in [0.15, 0.2) is 0 Å². The van der Waals surface area contributed by atoms with Crippen LogP contribution in [0.5, 0.6) is 0 Å². The lowest BCUT2D eigenvalue weighted by atomic mass is 10.2. The zero-order valence-corrected chi connectivity index (χ0v) is 12.1. The smallest absolute Gasteiger partial charge is 0.242 e. The topological polar surface area (TPSA) is 63.1 Å². The number of para-hydroxylation sites is 1. The summed E-state index contributed by atoms with van der Waals surface area (Å²) in [6, 6.07) is 10.0. The number of aryl methyl sites for hydroxylation is 1. The van der Waals surface area contributed by atoms with E-state index in [0.29, 0.717) is 19.4 Å². The van der Waals surface area contributed by atoms with Crippen molar-refractivity contribution in [1.29, 1.82) is 0 Å². The number of nitrogens with one attached hydrogen (secondary N) is 2. The van der Waals surface area contributed by atoms with Gasteiger partial charge in [0.2, 0.25) is 11.8 Å². The molecule has 1 aliphatic rings. The fraction of sp³-hybridized carbons (Fsp3) is 0.375. The van der Waals surface area contributed by atoms with Crippen LogP contribution in [0.25, 0.3) is 10.9 Å². The zero-order chi connectivity index (χ0) is 14.8. The Hall–Kier alpha value is -2.30. The molecule has 1 atom stereocenters. The molecule has 5 heteroatoms. The minimum atomic E-state index is -0.361. The summed E-state index contributed by atoms with van der Waals surface area (Å²) in [5.74, 6) is -0.127. The Morgan fingerprint density at radius 1 is 1.43 bits per heavy atom. The second-order valence-corrected chi connectivity index (χ2v) is 5.45. The minimum absolute atomic E-state index is 0.0394. The molecule has 2 amide bonds. The molecule has 2 N–H and O–H groups in total. The van der Waals surface area contributed by atoms with Gasteiger partial charge in [-0.25, -0.2) is 0 Å². The van der Waals surface area contributed by atoms with Crippen molar-refractivity contribution < 1.29 is 9.59 Å². The molecule has 1 aromatic heterocycles. The van der Waals surface area contributed by atoms with E-state index in [1.165, 1.54) is 16.6 Å². The molecule has 21 heavy (non-hydrogen) atoms. The molecule has 1 saturated heterocycles. The summed E-state index contributed by atoms with van der Waals surface area (Å²) in [7, 11) is 0. The molecule has 1 fully saturated rings. The third-order valence-electron chi connectivity index (χ3n) is 3.96. The average molecular weight is 285 g/mol. The van der Waals surface area contributed by atoms with Crippen LogP contribution in [0, 0.1) is 6.92 Å². The van der Waals surface area contributed by atoms with Gasteiger partial charge >= 0.3 is 0 Å². The van der Waals surface area contributed by atoms with Gasteiger partial charge in [-0.1, -0.05) is 18.2 Å². The monoisotopic (exact) mass is 285 g/mol. The van der Waals surface area contributed by atoms with Crippen molar-refractivity contribution in [2.45, 2.75) is 32.4 Å². The Morgan fingerprint density at radius 3 is 3.00 bits per heavy atom. The van der Waals surface area contributed by atoms with Crippen molar-refractivity contribution in [1.82, 2.24) is 15.2 Å². The first-order valence-electron chi connectivity index (χ1n) is 7.27. The van der Waals surface area contributed by atoms with Crippen LogP contribution < -0.4 is 10.6 Å². The van der Waals surface area contributed by atoms with E-state index in [9.17, 15) is 9.59 Å². The number of amides is 2. The van der Waals surface area contributed by atoms with E-state index >= 15 is 0 Å². The molecule has 3 rings (SSSR count). The highest BCUT2D eigenvalue weighted by Crippen LogP contribution is 2.18. The van der Waals surface area contributed by atoms with Crippen LogP contribution in [0.4, 0.5) is 0 Å². The number of nitrogens with zero attached hydrogens (tertiary/aromatic N) is 1. The van der Waals surface area contributed by atoms with Crippen molar-refractivity contribution in [2.75, 3.05) is 6.54 Å². The van der Waals surface area contributed by atoms with Crippen LogP contribution in [-0.2, 0) is 16.1 Å². The Kier molecular flexibility index (Phi) is 3.64. The van der Waals surface area contributed by atoms with Gasteiger partial charge in [0.05, 0.1) is 0 Å². The number of carbonyl (C=O) groups is 2. The lowest BCUT2D eigenvalue weighted by Crippen LogP contribution is -2.42. The molecule has 110 valence electrons. The maximum Gasteiger partial charge on any atom is 0.242 e. The number of fused-ring (bicyclic) bond motifs is 1. The number of hydrogen-bond donors (Lipinski definition) is 2. The van der Waals surface area contributed by atoms with Gasteiger partial charge in [-0.2, -0.15) is 0 Å². The number of benzene rings is 1. The summed E-state index contributed by atoms with van der Waals surface area (Å²) in [6.45, 7) is 3.36. The van der Waals surface area contributed by atoms with Gasteiger partial charge < -0.3 is 15.2 Å². The van der Waals surface area contributed by atoms with E-state index in [-0.39, 0.29) is 17.9 Å². The number of aromatic nitrogens is 1. The largest absolute Gasteiger partial charge is 0.353 e. The van der Waals surface area contributed by atoms with E-state index in [2.05, 4.69) is 40.3 Å². The third-order valence-corrected chi connectivity index (χ3v) is 3.96. The second kappa shape index (κ2) is 5.60. The van der Waals surface area contributed by atoms with Crippen LogP contribution in [0.1, 0.15) is 18.5 Å². The first-order chi connectivity index (χ1) is 10.1. The third kappa shape index (κ3) is 2.77. The summed E-state index contributed by atoms with van der Waals surface area (Å²) < 4.78 is 2.20. The minimum Gasteiger partial charge on any atom is -0.353 e. The lowest BCUT2D eigenvalue weighted by molar-refractivity contribution is -0.125. The quantitative estimate of drug-likeness (QED) is 0.890. The predicted octanol–water partition coefficient (Wildman–Crippen LogP) is 1.34. The molecular formula is C16H19N3O2. The molecule has 0 aliphatic carbocycles. The van der Waals surface area contributed by atoms with Crippen LogP contribution in [0.2, 0.25) is 0 Å². The Bertz CT molecular complexity index is 690. The SMILES string of the molecule is Cc1cc2ccccc2n1CCNC(=O)[C@@H]1CCC(=O)N1. The maximum atomic E-state index is 11.9. The Morgan fingerprint density at radius 2 is 2.24 bits per heavy atom. The molecule has 1 aliphatic heterocycles. The van der Waals surface area contributed by atoms with Crippen molar-refractivity contribution in [2.24, 2.45) is 0 Å². The van der Waals surface area contributed by atoms with Gasteiger partial charge in [0.25, 0.3) is 0 Å². The van der Waals surface area contributed by atoms with Gasteiger partial charge in [-0.05, 0) is 30.9 Å². The number of carbonyl (C=O) groups excluding carboxylic acids is 2. The molecule has 0 saturated carbocycles. The maximum absolute atomic E-state index is 11.9. The highest BCUT2D eigenvalue weighted by Gasteiger charge is 2.26. The lowest BCUT2D eigenvalue weighted by Gasteiger charge is -2.12. The highest BCUT2D eigenvalue weighted by atomic mass is 16.2. The summed E-state index contributed by atoms with van der Waals surface area (Å²) in [5.41, 5.74) is 2.36. The first kappa shape index (κ1) is 13.7. The predicted molar refractivity (Wildman–Crippen MR) is 80.8 cm³/mol. The summed E-state index contributed by atoms with van der Waals surface area (Å²) in [6.07, 6.45) is 1.04. The normalized spacial score (nSPS) is 18.0. The summed E-state index contributed by atoms with van der Waals surface area (Å²) >= 11 is 0. The molecule has 0 bridgehead atoms. The summed E-state index contributed by atoms with van der Waals surface area (Å²) in [5, 5.41) is 6.79. The molecule has 1 aromatic carbocycles. The van der Waals surface area contributed by atoms with E-state index in [0.717, 1.165) is 6.54 Å². The standard InChI is InChI=1S/C16H19N3O2/c1-11-10-12-4-2-3-5-14(12)19(11)9-8-17-16(21)13-6-7-15(20)18-13/h2-5,10,13H,6-9H2,1H3,(H,17,21)(H,18,20)/t13-/m0/s1. The molecule has 0 radical (unpaired) electrons. The Balaban J connectivity index is 1.61. The van der Waals surface area contributed by atoms with Gasteiger partial charge in [-0.15, -0.1) is 0 Å². The van der Waals surface area contributed by atoms with Crippen molar-refractivity contribution in [3.05, 3.63) is 36.0 Å². The highest BCUT2D eigenvalue weighted by molar-refractivity contribution is 5.90. The zero-order valence-electron chi connectivity index (χ0n) is 12.1. The Labute approximate surface area is 123 Å². The average Bonchev–Trinajstić information content (AvgIpc) is 3.03. The van der Waals surface area contributed by atoms with Crippen molar-refractivity contribution in [3.8, 4) is 0 Å². The molecule has 2 heterocycles. The second-order valence-electron chi connectivity index (χ2n) is 5.45. The van der Waals surface area contributed by atoms with E-state index < -0.39 is 0 Å². The van der Waals surface area contributed by atoms with Crippen molar-refractivity contribution in [3.63, 3.8) is 0 Å². The van der Waals surface area contributed by atoms with Gasteiger partial charge in [0.1, 0.15) is 6.04 Å². The number of rotatable bonds is 4. The van der Waals surface area contributed by atoms with Crippen LogP contribution in [0.15, 0.2) is 30.3 Å². The fourth-order valence-electron chi connectivity index (χ4n) is 2.87. The van der Waals surface area contributed by atoms with E-state index in [4.69, 9.17) is 0 Å². The molecule has 5 nitrogen and oxygen atoms in total. The van der Waals surface area contributed by atoms with Crippen LogP contribution >= 0.6 is 0 Å². The van der Waals surface area contributed by atoms with E-state index in [1.54, 1.807) is 0 Å². The van der Waals surface area contributed by atoms with Crippen LogP contribution in [0.3, 0.4) is 0 Å². The van der Waals surface area contributed by atoms with E-state index in [1.807, 2.05) is 12.1 Å². The molecule has 2 aromatic rings. The molecular weight excluding hydrogens is 266 g/mol. The van der Waals surface area contributed by atoms with Crippen molar-refractivity contribution >= 4 is 22.7 Å². The number of hydrogen-bond acceptors (Lipinski definition) is 2. The van der Waals surface area contributed by atoms with Gasteiger partial charge in [0, 0.05) is 30.7 Å². The first-order valence-corrected chi connectivity index (χ1v) is 7.27. The van der Waals surface area contributed by atoms with Gasteiger partial charge in [-0.3, -0.25) is 9.59 Å². The molecule has 0 spiro atoms. The van der Waals surface area contributed by atoms with Crippen LogP contribution in [-0.4, -0.2) is 29.0 Å².